The van der Waals surface area contributed by atoms with Gasteiger partial charge in [0, 0.05) is 32.7 Å². The third kappa shape index (κ3) is 2.58. The molecule has 0 fully saturated rings. The fraction of sp³-hybridized carbons (Fsp3) is 0.0909. The van der Waals surface area contributed by atoms with Crippen LogP contribution in [0.1, 0.15) is 37.7 Å². The number of nitrogens with zero attached hydrogens (tertiary/aromatic N) is 1. The number of carbonyl (C=O) groups is 2. The average molecular weight is 406 g/mol. The van der Waals surface area contributed by atoms with Gasteiger partial charge in [0.25, 0.3) is 0 Å². The Labute approximate surface area is 160 Å². The summed E-state index contributed by atoms with van der Waals surface area (Å²) in [7, 11) is 0. The summed E-state index contributed by atoms with van der Waals surface area (Å²) >= 11 is 3.45. The molecule has 0 aliphatic heterocycles. The van der Waals surface area contributed by atoms with Gasteiger partial charge in [-0.05, 0) is 55.8 Å². The van der Waals surface area contributed by atoms with Crippen molar-refractivity contribution in [3.63, 3.8) is 0 Å². The number of hydrogen-bond acceptors (Lipinski definition) is 2. The zero-order valence-corrected chi connectivity index (χ0v) is 16.0. The second-order valence-electron chi connectivity index (χ2n) is 6.40. The highest BCUT2D eigenvalue weighted by atomic mass is 79.9. The molecule has 4 rings (SSSR count). The van der Waals surface area contributed by atoms with E-state index in [1.807, 2.05) is 44.2 Å². The van der Waals surface area contributed by atoms with Gasteiger partial charge in [-0.3, -0.25) is 9.59 Å². The summed E-state index contributed by atoms with van der Waals surface area (Å²) in [6, 6.07) is 17.0. The Morgan fingerprint density at radius 2 is 1.46 bits per heavy atom. The molecule has 4 heteroatoms. The number of hydrogen-bond donors (Lipinski definition) is 0. The normalized spacial score (nSPS) is 13.3. The van der Waals surface area contributed by atoms with E-state index in [1.54, 1.807) is 30.3 Å². The first kappa shape index (κ1) is 16.7. The quantitative estimate of drug-likeness (QED) is 0.427. The van der Waals surface area contributed by atoms with Gasteiger partial charge in [-0.15, -0.1) is 0 Å². The summed E-state index contributed by atoms with van der Waals surface area (Å²) in [6.07, 6.45) is 1.72. The van der Waals surface area contributed by atoms with Crippen molar-refractivity contribution in [2.24, 2.45) is 0 Å². The lowest BCUT2D eigenvalue weighted by Gasteiger charge is -2.09. The maximum Gasteiger partial charge on any atom is 0.197 e. The third-order valence-electron chi connectivity index (χ3n) is 4.76. The van der Waals surface area contributed by atoms with E-state index in [2.05, 4.69) is 20.5 Å². The minimum Gasteiger partial charge on any atom is -0.318 e. The molecule has 0 unspecified atom stereocenters. The van der Waals surface area contributed by atoms with Crippen molar-refractivity contribution in [1.82, 2.24) is 4.57 Å². The number of aromatic nitrogens is 1. The standard InChI is InChI=1S/C22H16BrNO2/c1-13-11-15(14(2)24(13)17-9-7-16(23)8-10-17)12-20-21(25)18-5-3-4-6-19(18)22(20)26/h3-12H,1-2H3. The number of carbonyl (C=O) groups excluding carboxylic acids is 2. The van der Waals surface area contributed by atoms with Gasteiger partial charge in [-0.25, -0.2) is 0 Å². The molecule has 0 N–H and O–H groups in total. The second kappa shape index (κ2) is 6.22. The van der Waals surface area contributed by atoms with Gasteiger partial charge in [0.15, 0.2) is 11.6 Å². The molecule has 0 bridgehead atoms. The van der Waals surface area contributed by atoms with Gasteiger partial charge < -0.3 is 4.57 Å². The van der Waals surface area contributed by atoms with Gasteiger partial charge in [0.2, 0.25) is 0 Å². The molecule has 0 atom stereocenters. The number of aryl methyl sites for hydroxylation is 1. The first-order valence-electron chi connectivity index (χ1n) is 8.32. The van der Waals surface area contributed by atoms with Crippen LogP contribution in [0.4, 0.5) is 0 Å². The molecule has 3 nitrogen and oxygen atoms in total. The number of benzene rings is 2. The number of Topliss-reactive ketones (excluding diaryl/α,β-unsaturated/α-hetero) is 2. The van der Waals surface area contributed by atoms with Crippen LogP contribution in [-0.4, -0.2) is 16.1 Å². The van der Waals surface area contributed by atoms with Crippen LogP contribution in [0.15, 0.2) is 64.6 Å². The summed E-state index contributed by atoms with van der Waals surface area (Å²) < 4.78 is 3.14. The summed E-state index contributed by atoms with van der Waals surface area (Å²) in [5, 5.41) is 0. The average Bonchev–Trinajstić information content (AvgIpc) is 3.05. The predicted octanol–water partition coefficient (Wildman–Crippen LogP) is 5.32. The fourth-order valence-corrected chi connectivity index (χ4v) is 3.74. The van der Waals surface area contributed by atoms with E-state index >= 15 is 0 Å². The molecule has 0 radical (unpaired) electrons. The number of halogens is 1. The zero-order chi connectivity index (χ0) is 18.4. The van der Waals surface area contributed by atoms with Crippen molar-refractivity contribution >= 4 is 33.6 Å². The first-order chi connectivity index (χ1) is 12.5. The first-order valence-corrected chi connectivity index (χ1v) is 9.11. The van der Waals surface area contributed by atoms with Crippen LogP contribution in [0.25, 0.3) is 11.8 Å². The topological polar surface area (TPSA) is 39.1 Å². The van der Waals surface area contributed by atoms with Crippen LogP contribution in [0, 0.1) is 13.8 Å². The number of fused-ring (bicyclic) bond motifs is 1. The van der Waals surface area contributed by atoms with Gasteiger partial charge >= 0.3 is 0 Å². The van der Waals surface area contributed by atoms with E-state index in [4.69, 9.17) is 0 Å². The lowest BCUT2D eigenvalue weighted by atomic mass is 10.1. The van der Waals surface area contributed by atoms with Gasteiger partial charge in [-0.1, -0.05) is 40.2 Å². The Morgan fingerprint density at radius 1 is 0.885 bits per heavy atom. The summed E-state index contributed by atoms with van der Waals surface area (Å²) in [5.74, 6) is -0.391. The SMILES string of the molecule is Cc1cc(C=C2C(=O)c3ccccc3C2=O)c(C)n1-c1ccc(Br)cc1. The summed E-state index contributed by atoms with van der Waals surface area (Å²) in [5.41, 5.74) is 5.19. The van der Waals surface area contributed by atoms with Gasteiger partial charge in [0.05, 0.1) is 5.57 Å². The molecule has 26 heavy (non-hydrogen) atoms. The van der Waals surface area contributed by atoms with Crippen molar-refractivity contribution in [3.8, 4) is 5.69 Å². The minimum absolute atomic E-state index is 0.195. The van der Waals surface area contributed by atoms with Crippen molar-refractivity contribution in [3.05, 3.63) is 92.7 Å². The van der Waals surface area contributed by atoms with Crippen molar-refractivity contribution in [2.45, 2.75) is 13.8 Å². The monoisotopic (exact) mass is 405 g/mol. The zero-order valence-electron chi connectivity index (χ0n) is 14.4. The van der Waals surface area contributed by atoms with E-state index < -0.39 is 0 Å². The van der Waals surface area contributed by atoms with E-state index in [-0.39, 0.29) is 17.1 Å². The summed E-state index contributed by atoms with van der Waals surface area (Å²) in [6.45, 7) is 4.02. The molecule has 0 saturated carbocycles. The Kier molecular flexibility index (Phi) is 4.00. The van der Waals surface area contributed by atoms with Crippen LogP contribution in [-0.2, 0) is 0 Å². The van der Waals surface area contributed by atoms with Crippen LogP contribution in [0.2, 0.25) is 0 Å². The minimum atomic E-state index is -0.195. The lowest BCUT2D eigenvalue weighted by Crippen LogP contribution is -2.01. The Morgan fingerprint density at radius 3 is 2.04 bits per heavy atom. The van der Waals surface area contributed by atoms with Gasteiger partial charge in [-0.2, -0.15) is 0 Å². The largest absolute Gasteiger partial charge is 0.318 e. The predicted molar refractivity (Wildman–Crippen MR) is 106 cm³/mol. The molecular formula is C22H16BrNO2. The molecule has 0 amide bonds. The van der Waals surface area contributed by atoms with Crippen LogP contribution < -0.4 is 0 Å². The highest BCUT2D eigenvalue weighted by molar-refractivity contribution is 9.10. The molecule has 2 aromatic carbocycles. The highest BCUT2D eigenvalue weighted by Crippen LogP contribution is 2.30. The van der Waals surface area contributed by atoms with E-state index in [0.29, 0.717) is 11.1 Å². The Hall–Kier alpha value is -2.72. The molecule has 128 valence electrons. The second-order valence-corrected chi connectivity index (χ2v) is 7.32. The summed E-state index contributed by atoms with van der Waals surface area (Å²) in [4.78, 5) is 25.2. The number of rotatable bonds is 2. The number of allylic oxidation sites excluding steroid dienone is 1. The van der Waals surface area contributed by atoms with E-state index in [9.17, 15) is 9.59 Å². The maximum absolute atomic E-state index is 12.6. The van der Waals surface area contributed by atoms with E-state index in [0.717, 1.165) is 27.1 Å². The van der Waals surface area contributed by atoms with Crippen LogP contribution in [0.5, 0.6) is 0 Å². The lowest BCUT2D eigenvalue weighted by molar-refractivity contribution is 0.0990. The maximum atomic E-state index is 12.6. The molecule has 1 aliphatic carbocycles. The van der Waals surface area contributed by atoms with Crippen molar-refractivity contribution in [1.29, 1.82) is 0 Å². The molecule has 0 spiro atoms. The van der Waals surface area contributed by atoms with E-state index in [1.165, 1.54) is 0 Å². The molecule has 0 saturated heterocycles. The van der Waals surface area contributed by atoms with Crippen LogP contribution >= 0.6 is 15.9 Å². The molecule has 3 aromatic rings. The molecular weight excluding hydrogens is 390 g/mol. The molecule has 1 aromatic heterocycles. The van der Waals surface area contributed by atoms with Crippen molar-refractivity contribution in [2.75, 3.05) is 0 Å². The Bertz CT molecular complexity index is 1050. The fourth-order valence-electron chi connectivity index (χ4n) is 3.48. The highest BCUT2D eigenvalue weighted by Gasteiger charge is 2.32. The third-order valence-corrected chi connectivity index (χ3v) is 5.29. The Balaban J connectivity index is 1.80. The van der Waals surface area contributed by atoms with Gasteiger partial charge in [0.1, 0.15) is 0 Å². The van der Waals surface area contributed by atoms with Crippen molar-refractivity contribution < 1.29 is 9.59 Å². The smallest absolute Gasteiger partial charge is 0.197 e. The molecule has 1 aliphatic rings. The van der Waals surface area contributed by atoms with Crippen LogP contribution in [0.3, 0.4) is 0 Å². The molecule has 1 heterocycles. The number of ketones is 2.